The van der Waals surface area contributed by atoms with E-state index >= 15 is 0 Å². The third kappa shape index (κ3) is 1.44. The van der Waals surface area contributed by atoms with Gasteiger partial charge >= 0.3 is 0 Å². The van der Waals surface area contributed by atoms with E-state index in [-0.39, 0.29) is 0 Å². The molecule has 12 heavy (non-hydrogen) atoms. The molecule has 1 atom stereocenters. The highest BCUT2D eigenvalue weighted by Crippen LogP contribution is 2.27. The number of hydrogen-bond acceptors (Lipinski definition) is 4. The molecule has 2 rings (SSSR count). The van der Waals surface area contributed by atoms with Gasteiger partial charge in [0.1, 0.15) is 0 Å². The van der Waals surface area contributed by atoms with E-state index in [1.54, 1.807) is 17.5 Å². The van der Waals surface area contributed by atoms with E-state index in [2.05, 4.69) is 9.88 Å². The molecule has 0 bridgehead atoms. The van der Waals surface area contributed by atoms with Crippen LogP contribution in [0.1, 0.15) is 13.3 Å². The van der Waals surface area contributed by atoms with Gasteiger partial charge in [0.05, 0.1) is 5.60 Å². The van der Waals surface area contributed by atoms with E-state index in [0.717, 1.165) is 18.1 Å². The Labute approximate surface area is 75.7 Å². The number of hydrogen-bond donors (Lipinski definition) is 1. The lowest BCUT2D eigenvalue weighted by molar-refractivity contribution is 0.0839. The van der Waals surface area contributed by atoms with Crippen molar-refractivity contribution >= 4 is 16.5 Å². The zero-order valence-corrected chi connectivity index (χ0v) is 7.84. The molecule has 0 amide bonds. The maximum atomic E-state index is 9.70. The second-order valence-electron chi connectivity index (χ2n) is 3.48. The number of aliphatic hydroxyl groups is 1. The molecule has 3 nitrogen and oxygen atoms in total. The molecule has 4 heteroatoms. The molecular weight excluding hydrogens is 172 g/mol. The lowest BCUT2D eigenvalue weighted by Gasteiger charge is -2.17. The number of thiazole rings is 1. The van der Waals surface area contributed by atoms with Gasteiger partial charge in [0.25, 0.3) is 0 Å². The highest BCUT2D eigenvalue weighted by molar-refractivity contribution is 7.13. The molecule has 0 aromatic carbocycles. The Morgan fingerprint density at radius 2 is 2.58 bits per heavy atom. The minimum absolute atomic E-state index is 0.522. The first kappa shape index (κ1) is 8.01. The van der Waals surface area contributed by atoms with Crippen LogP contribution >= 0.6 is 11.3 Å². The normalized spacial score (nSPS) is 29.7. The van der Waals surface area contributed by atoms with E-state index < -0.39 is 5.60 Å². The SMILES string of the molecule is CC1(O)CCN(c2nccs2)C1. The van der Waals surface area contributed by atoms with Gasteiger partial charge in [0.2, 0.25) is 0 Å². The summed E-state index contributed by atoms with van der Waals surface area (Å²) in [6.07, 6.45) is 2.64. The summed E-state index contributed by atoms with van der Waals surface area (Å²) in [7, 11) is 0. The Hall–Kier alpha value is -0.610. The van der Waals surface area contributed by atoms with Crippen LogP contribution in [-0.4, -0.2) is 28.8 Å². The highest BCUT2D eigenvalue weighted by atomic mass is 32.1. The first-order valence-corrected chi connectivity index (χ1v) is 4.92. The number of aromatic nitrogens is 1. The summed E-state index contributed by atoms with van der Waals surface area (Å²) in [6.45, 7) is 3.50. The van der Waals surface area contributed by atoms with Crippen LogP contribution in [0, 0.1) is 0 Å². The average Bonchev–Trinajstić information content (AvgIpc) is 2.55. The summed E-state index contributed by atoms with van der Waals surface area (Å²) in [6, 6.07) is 0. The number of nitrogens with zero attached hydrogens (tertiary/aromatic N) is 2. The maximum absolute atomic E-state index is 9.70. The molecule has 0 radical (unpaired) electrons. The van der Waals surface area contributed by atoms with Crippen LogP contribution in [0.5, 0.6) is 0 Å². The standard InChI is InChI=1S/C8H12N2OS/c1-8(11)2-4-10(6-8)7-9-3-5-12-7/h3,5,11H,2,4,6H2,1H3. The maximum Gasteiger partial charge on any atom is 0.185 e. The Bertz CT molecular complexity index is 258. The molecule has 1 aliphatic heterocycles. The van der Waals surface area contributed by atoms with Crippen molar-refractivity contribution < 1.29 is 5.11 Å². The van der Waals surface area contributed by atoms with Crippen LogP contribution < -0.4 is 4.90 Å². The Morgan fingerprint density at radius 1 is 1.75 bits per heavy atom. The zero-order valence-electron chi connectivity index (χ0n) is 7.03. The summed E-state index contributed by atoms with van der Waals surface area (Å²) in [5.41, 5.74) is -0.522. The molecule has 1 saturated heterocycles. The highest BCUT2D eigenvalue weighted by Gasteiger charge is 2.32. The molecule has 1 N–H and O–H groups in total. The lowest BCUT2D eigenvalue weighted by Crippen LogP contribution is -2.29. The first-order chi connectivity index (χ1) is 5.67. The number of rotatable bonds is 1. The molecule has 1 aromatic rings. The molecule has 0 aliphatic carbocycles. The van der Waals surface area contributed by atoms with Crippen molar-refractivity contribution in [3.8, 4) is 0 Å². The van der Waals surface area contributed by atoms with Gasteiger partial charge in [0, 0.05) is 24.7 Å². The van der Waals surface area contributed by atoms with Crippen molar-refractivity contribution in [1.29, 1.82) is 0 Å². The summed E-state index contributed by atoms with van der Waals surface area (Å²) in [5, 5.41) is 12.7. The monoisotopic (exact) mass is 184 g/mol. The molecule has 1 aliphatic rings. The predicted octanol–water partition coefficient (Wildman–Crippen LogP) is 1.10. The van der Waals surface area contributed by atoms with Crippen molar-refractivity contribution in [3.05, 3.63) is 11.6 Å². The van der Waals surface area contributed by atoms with Gasteiger partial charge in [-0.3, -0.25) is 0 Å². The molecular formula is C8H12N2OS. The largest absolute Gasteiger partial charge is 0.388 e. The summed E-state index contributed by atoms with van der Waals surface area (Å²) in [5.74, 6) is 0. The quantitative estimate of drug-likeness (QED) is 0.710. The van der Waals surface area contributed by atoms with Crippen LogP contribution in [-0.2, 0) is 0 Å². The van der Waals surface area contributed by atoms with Gasteiger partial charge in [0.15, 0.2) is 5.13 Å². The van der Waals surface area contributed by atoms with Crippen LogP contribution in [0.3, 0.4) is 0 Å². The minimum atomic E-state index is -0.522. The Morgan fingerprint density at radius 3 is 3.08 bits per heavy atom. The van der Waals surface area contributed by atoms with Crippen molar-refractivity contribution in [2.24, 2.45) is 0 Å². The average molecular weight is 184 g/mol. The van der Waals surface area contributed by atoms with Crippen molar-refractivity contribution in [2.75, 3.05) is 18.0 Å². The van der Waals surface area contributed by atoms with Gasteiger partial charge in [-0.25, -0.2) is 4.98 Å². The van der Waals surface area contributed by atoms with Gasteiger partial charge in [-0.15, -0.1) is 11.3 Å². The fourth-order valence-corrected chi connectivity index (χ4v) is 2.15. The van der Waals surface area contributed by atoms with E-state index in [0.29, 0.717) is 6.54 Å². The number of anilines is 1. The molecule has 66 valence electrons. The molecule has 0 saturated carbocycles. The van der Waals surface area contributed by atoms with Crippen LogP contribution in [0.4, 0.5) is 5.13 Å². The molecule has 2 heterocycles. The second-order valence-corrected chi connectivity index (χ2v) is 4.36. The number of β-amino-alcohol motifs (C(OH)–C–C–N with tert-alkyl or cyclic N) is 1. The predicted molar refractivity (Wildman–Crippen MR) is 49.6 cm³/mol. The molecule has 0 spiro atoms. The smallest absolute Gasteiger partial charge is 0.185 e. The van der Waals surface area contributed by atoms with Gasteiger partial charge < -0.3 is 10.0 Å². The topological polar surface area (TPSA) is 36.4 Å². The van der Waals surface area contributed by atoms with Crippen molar-refractivity contribution in [1.82, 2.24) is 4.98 Å². The molecule has 1 aromatic heterocycles. The zero-order chi connectivity index (χ0) is 8.60. The van der Waals surface area contributed by atoms with Crippen LogP contribution in [0.25, 0.3) is 0 Å². The second kappa shape index (κ2) is 2.71. The van der Waals surface area contributed by atoms with Crippen LogP contribution in [0.15, 0.2) is 11.6 Å². The fourth-order valence-electron chi connectivity index (χ4n) is 1.48. The van der Waals surface area contributed by atoms with E-state index in [9.17, 15) is 5.11 Å². The minimum Gasteiger partial charge on any atom is -0.388 e. The van der Waals surface area contributed by atoms with E-state index in [4.69, 9.17) is 0 Å². The van der Waals surface area contributed by atoms with E-state index in [1.807, 2.05) is 12.3 Å². The van der Waals surface area contributed by atoms with Crippen LogP contribution in [0.2, 0.25) is 0 Å². The fraction of sp³-hybridized carbons (Fsp3) is 0.625. The van der Waals surface area contributed by atoms with Gasteiger partial charge in [-0.2, -0.15) is 0 Å². The third-order valence-electron chi connectivity index (χ3n) is 2.14. The molecule has 1 unspecified atom stereocenters. The first-order valence-electron chi connectivity index (χ1n) is 4.04. The summed E-state index contributed by atoms with van der Waals surface area (Å²) in [4.78, 5) is 6.33. The van der Waals surface area contributed by atoms with Crippen molar-refractivity contribution in [3.63, 3.8) is 0 Å². The summed E-state index contributed by atoms with van der Waals surface area (Å²) >= 11 is 1.62. The third-order valence-corrected chi connectivity index (χ3v) is 2.97. The summed E-state index contributed by atoms with van der Waals surface area (Å²) < 4.78 is 0. The molecule has 1 fully saturated rings. The Kier molecular flexibility index (Phi) is 1.81. The van der Waals surface area contributed by atoms with Gasteiger partial charge in [-0.05, 0) is 13.3 Å². The Balaban J connectivity index is 2.10. The lowest BCUT2D eigenvalue weighted by atomic mass is 10.1. The van der Waals surface area contributed by atoms with E-state index in [1.165, 1.54) is 0 Å². The van der Waals surface area contributed by atoms with Crippen molar-refractivity contribution in [2.45, 2.75) is 18.9 Å². The van der Waals surface area contributed by atoms with Gasteiger partial charge in [-0.1, -0.05) is 0 Å².